The van der Waals surface area contributed by atoms with Gasteiger partial charge in [0.15, 0.2) is 0 Å². The summed E-state index contributed by atoms with van der Waals surface area (Å²) in [5.74, 6) is 0. The van der Waals surface area contributed by atoms with E-state index in [9.17, 15) is 0 Å². The fourth-order valence-corrected chi connectivity index (χ4v) is 2.94. The van der Waals surface area contributed by atoms with E-state index in [2.05, 4.69) is 50.3 Å². The minimum atomic E-state index is 0. The summed E-state index contributed by atoms with van der Waals surface area (Å²) in [6, 6.07) is 16.4. The number of nitrogens with zero attached hydrogens (tertiary/aromatic N) is 2. The van der Waals surface area contributed by atoms with Crippen molar-refractivity contribution in [3.63, 3.8) is 0 Å². The molecule has 2 aliphatic heterocycles. The molecular weight excluding hydrogens is 409 g/mol. The van der Waals surface area contributed by atoms with Gasteiger partial charge in [0.1, 0.15) is 0 Å². The SMILES string of the molecule is C1=Cc2cc3ccc(cc4ccc(cc5nc(cc1n2)C=C5)[nH]4)[nH]3.[Cd+2]. The summed E-state index contributed by atoms with van der Waals surface area (Å²) < 4.78 is 0. The number of nitrogens with one attached hydrogen (secondary N) is 2. The average molecular weight is 423 g/mol. The quantitative estimate of drug-likeness (QED) is 0.357. The van der Waals surface area contributed by atoms with Crippen molar-refractivity contribution in [1.29, 1.82) is 0 Å². The molecule has 0 aromatic carbocycles. The topological polar surface area (TPSA) is 57.4 Å². The first kappa shape index (κ1) is 16.0. The van der Waals surface area contributed by atoms with Crippen molar-refractivity contribution in [3.8, 4) is 0 Å². The predicted octanol–water partition coefficient (Wildman–Crippen LogP) is 4.65. The minimum Gasteiger partial charge on any atom is -0.355 e. The molecule has 8 bridgehead atoms. The Bertz CT molecular complexity index is 1080. The van der Waals surface area contributed by atoms with Crippen molar-refractivity contribution >= 4 is 46.4 Å². The van der Waals surface area contributed by atoms with Crippen LogP contribution in [0.5, 0.6) is 0 Å². The number of aromatic nitrogens is 4. The zero-order valence-electron chi connectivity index (χ0n) is 13.5. The first-order valence-corrected chi connectivity index (χ1v) is 7.85. The van der Waals surface area contributed by atoms with E-state index in [1.165, 1.54) is 0 Å². The van der Waals surface area contributed by atoms with Crippen LogP contribution in [-0.2, 0) is 27.3 Å². The molecule has 0 atom stereocenters. The second-order valence-corrected chi connectivity index (χ2v) is 5.91. The Kier molecular flexibility index (Phi) is 4.12. The van der Waals surface area contributed by atoms with Crippen LogP contribution in [0.15, 0.2) is 48.5 Å². The van der Waals surface area contributed by atoms with E-state index < -0.39 is 0 Å². The van der Waals surface area contributed by atoms with Crippen molar-refractivity contribution in [2.24, 2.45) is 0 Å². The first-order valence-electron chi connectivity index (χ1n) is 7.85. The first-order chi connectivity index (χ1) is 11.8. The molecular formula is C20H14CdN4+2. The van der Waals surface area contributed by atoms with Gasteiger partial charge >= 0.3 is 27.3 Å². The predicted molar refractivity (Wildman–Crippen MR) is 98.9 cm³/mol. The maximum absolute atomic E-state index is 4.62. The second kappa shape index (κ2) is 6.44. The van der Waals surface area contributed by atoms with Crippen LogP contribution in [0.3, 0.4) is 0 Å². The molecule has 0 radical (unpaired) electrons. The van der Waals surface area contributed by atoms with Crippen LogP contribution < -0.4 is 0 Å². The molecule has 3 aromatic heterocycles. The number of aromatic amines is 2. The van der Waals surface area contributed by atoms with Crippen LogP contribution in [0.4, 0.5) is 0 Å². The number of hydrogen-bond acceptors (Lipinski definition) is 2. The molecule has 4 nitrogen and oxygen atoms in total. The molecule has 0 saturated carbocycles. The van der Waals surface area contributed by atoms with Crippen molar-refractivity contribution in [2.75, 3.05) is 0 Å². The number of H-pyrrole nitrogens is 2. The van der Waals surface area contributed by atoms with E-state index in [0.717, 1.165) is 44.8 Å². The standard InChI is InChI=1S/C20H14N4.Cd/c1-2-14-10-16-5-6-18(23-16)12-20-8-7-19(24-20)11-17-4-3-15(22-17)9-13(1)21-14;/h1-12,21-22H;/q;+2. The zero-order valence-corrected chi connectivity index (χ0v) is 17.6. The Morgan fingerprint density at radius 1 is 0.480 bits per heavy atom. The van der Waals surface area contributed by atoms with Gasteiger partial charge in [0.05, 0.1) is 22.8 Å². The molecule has 0 amide bonds. The second-order valence-electron chi connectivity index (χ2n) is 5.91. The molecule has 0 fully saturated rings. The molecule has 25 heavy (non-hydrogen) atoms. The smallest absolute Gasteiger partial charge is 0.355 e. The zero-order chi connectivity index (χ0) is 15.9. The third-order valence-corrected chi connectivity index (χ3v) is 4.04. The van der Waals surface area contributed by atoms with E-state index in [1.807, 2.05) is 42.5 Å². The largest absolute Gasteiger partial charge is 2.00 e. The molecule has 2 N–H and O–H groups in total. The van der Waals surface area contributed by atoms with Gasteiger partial charge in [-0.1, -0.05) is 0 Å². The van der Waals surface area contributed by atoms with Gasteiger partial charge < -0.3 is 9.97 Å². The van der Waals surface area contributed by atoms with E-state index >= 15 is 0 Å². The Morgan fingerprint density at radius 3 is 1.28 bits per heavy atom. The summed E-state index contributed by atoms with van der Waals surface area (Å²) in [7, 11) is 0. The Hall–Kier alpha value is -2.48. The maximum atomic E-state index is 4.62. The van der Waals surface area contributed by atoms with Crippen LogP contribution in [0, 0.1) is 0 Å². The molecule has 3 aromatic rings. The fraction of sp³-hybridized carbons (Fsp3) is 0. The fourth-order valence-electron chi connectivity index (χ4n) is 2.94. The molecule has 114 valence electrons. The summed E-state index contributed by atoms with van der Waals surface area (Å²) in [5.41, 5.74) is 7.86. The van der Waals surface area contributed by atoms with Crippen molar-refractivity contribution in [1.82, 2.24) is 19.9 Å². The van der Waals surface area contributed by atoms with E-state index in [0.29, 0.717) is 0 Å². The van der Waals surface area contributed by atoms with E-state index in [-0.39, 0.29) is 27.3 Å². The third kappa shape index (κ3) is 3.34. The van der Waals surface area contributed by atoms with Gasteiger partial charge in [-0.2, -0.15) is 0 Å². The molecule has 0 unspecified atom stereocenters. The van der Waals surface area contributed by atoms with Gasteiger partial charge in [0.25, 0.3) is 0 Å². The van der Waals surface area contributed by atoms with E-state index in [1.54, 1.807) is 0 Å². The Morgan fingerprint density at radius 2 is 0.840 bits per heavy atom. The molecule has 5 rings (SSSR count). The number of hydrogen-bond donors (Lipinski definition) is 2. The molecule has 5 heteroatoms. The summed E-state index contributed by atoms with van der Waals surface area (Å²) >= 11 is 0. The summed E-state index contributed by atoms with van der Waals surface area (Å²) in [6.07, 6.45) is 8.05. The molecule has 0 saturated heterocycles. The minimum absolute atomic E-state index is 0. The number of fused-ring (bicyclic) bond motifs is 8. The van der Waals surface area contributed by atoms with Crippen LogP contribution in [0.25, 0.3) is 46.4 Å². The monoisotopic (exact) mass is 424 g/mol. The maximum Gasteiger partial charge on any atom is 2.00 e. The van der Waals surface area contributed by atoms with Crippen LogP contribution in [0.2, 0.25) is 0 Å². The molecule has 5 heterocycles. The van der Waals surface area contributed by atoms with Gasteiger partial charge in [-0.15, -0.1) is 0 Å². The van der Waals surface area contributed by atoms with Gasteiger partial charge in [-0.3, -0.25) is 0 Å². The number of rotatable bonds is 0. The van der Waals surface area contributed by atoms with Crippen LogP contribution in [-0.4, -0.2) is 19.9 Å². The van der Waals surface area contributed by atoms with Crippen molar-refractivity contribution in [2.45, 2.75) is 0 Å². The molecule has 2 aliphatic rings. The Labute approximate surface area is 164 Å². The van der Waals surface area contributed by atoms with Crippen molar-refractivity contribution in [3.05, 3.63) is 71.3 Å². The van der Waals surface area contributed by atoms with Crippen LogP contribution >= 0.6 is 0 Å². The summed E-state index contributed by atoms with van der Waals surface area (Å²) in [5, 5.41) is 0. The van der Waals surface area contributed by atoms with Gasteiger partial charge in [0, 0.05) is 22.1 Å². The molecule has 0 spiro atoms. The summed E-state index contributed by atoms with van der Waals surface area (Å²) in [6.45, 7) is 0. The van der Waals surface area contributed by atoms with Gasteiger partial charge in [0.2, 0.25) is 0 Å². The normalized spacial score (nSPS) is 12.2. The van der Waals surface area contributed by atoms with Gasteiger partial charge in [-0.05, 0) is 72.8 Å². The van der Waals surface area contributed by atoms with Crippen LogP contribution in [0.1, 0.15) is 22.8 Å². The van der Waals surface area contributed by atoms with Crippen molar-refractivity contribution < 1.29 is 27.3 Å². The molecule has 0 aliphatic carbocycles. The summed E-state index contributed by atoms with van der Waals surface area (Å²) in [4.78, 5) is 16.0. The Balaban J connectivity index is 0.00000157. The van der Waals surface area contributed by atoms with E-state index in [4.69, 9.17) is 0 Å². The third-order valence-electron chi connectivity index (χ3n) is 4.04. The van der Waals surface area contributed by atoms with Gasteiger partial charge in [-0.25, -0.2) is 9.97 Å². The average Bonchev–Trinajstić information content (AvgIpc) is 3.32.